The molecular weight excluding hydrogens is 394 g/mol. The maximum absolute atomic E-state index is 10.5. The Morgan fingerprint density at radius 2 is 2.00 bits per heavy atom. The molecule has 2 aliphatic rings. The molecule has 4 heterocycles. The number of aromatic hydroxyl groups is 1. The molecule has 2 aromatic heterocycles. The van der Waals surface area contributed by atoms with Gasteiger partial charge in [-0.05, 0) is 38.5 Å². The molecule has 4 atom stereocenters. The quantitative estimate of drug-likeness (QED) is 0.654. The fourth-order valence-electron chi connectivity index (χ4n) is 5.25. The van der Waals surface area contributed by atoms with Gasteiger partial charge in [0.25, 0.3) is 0 Å². The zero-order valence-corrected chi connectivity index (χ0v) is 17.9. The smallest absolute Gasteiger partial charge is 0.233 e. The second kappa shape index (κ2) is 7.32. The second-order valence-corrected chi connectivity index (χ2v) is 9.11. The molecular formula is C23H27N5O3. The maximum atomic E-state index is 10.5. The van der Waals surface area contributed by atoms with Crippen LogP contribution in [0, 0.1) is 0 Å². The van der Waals surface area contributed by atoms with Gasteiger partial charge >= 0.3 is 0 Å². The number of hydrogen-bond donors (Lipinski definition) is 2. The van der Waals surface area contributed by atoms with Crippen LogP contribution in [0.25, 0.3) is 16.9 Å². The number of nitrogens with zero attached hydrogens (tertiary/aromatic N) is 4. The Bertz CT molecular complexity index is 1070. The van der Waals surface area contributed by atoms with Crippen molar-refractivity contribution in [1.29, 1.82) is 0 Å². The first kappa shape index (κ1) is 20.0. The van der Waals surface area contributed by atoms with Gasteiger partial charge in [0, 0.05) is 61.1 Å². The Balaban J connectivity index is 1.31. The lowest BCUT2D eigenvalue weighted by Crippen LogP contribution is -2.58. The molecule has 0 unspecified atom stereocenters. The summed E-state index contributed by atoms with van der Waals surface area (Å²) < 4.78 is 13.8. The van der Waals surface area contributed by atoms with E-state index in [-0.39, 0.29) is 29.0 Å². The Morgan fingerprint density at radius 1 is 1.13 bits per heavy atom. The van der Waals surface area contributed by atoms with Crippen LogP contribution in [0.2, 0.25) is 0 Å². The van der Waals surface area contributed by atoms with Crippen LogP contribution in [0.4, 0.5) is 0 Å². The van der Waals surface area contributed by atoms with Gasteiger partial charge in [0.2, 0.25) is 5.88 Å². The van der Waals surface area contributed by atoms with E-state index in [0.717, 1.165) is 24.9 Å². The summed E-state index contributed by atoms with van der Waals surface area (Å²) in [6.45, 7) is 4.43. The number of rotatable bonds is 5. The Morgan fingerprint density at radius 3 is 2.68 bits per heavy atom. The lowest BCUT2D eigenvalue weighted by Gasteiger charge is -2.42. The van der Waals surface area contributed by atoms with E-state index < -0.39 is 0 Å². The third kappa shape index (κ3) is 3.66. The molecule has 1 aromatic carbocycles. The lowest BCUT2D eigenvalue weighted by molar-refractivity contribution is 0.0212. The van der Waals surface area contributed by atoms with Gasteiger partial charge in [-0.15, -0.1) is 10.2 Å². The van der Waals surface area contributed by atoms with E-state index in [1.54, 1.807) is 25.7 Å². The van der Waals surface area contributed by atoms with Crippen LogP contribution in [0.1, 0.15) is 33.1 Å². The van der Waals surface area contributed by atoms with Crippen LogP contribution in [0.15, 0.2) is 49.1 Å². The molecule has 2 fully saturated rings. The fraction of sp³-hybridized carbons (Fsp3) is 0.435. The average molecular weight is 422 g/mol. The van der Waals surface area contributed by atoms with E-state index in [9.17, 15) is 5.11 Å². The van der Waals surface area contributed by atoms with Gasteiger partial charge in [0.15, 0.2) is 0 Å². The Hall–Kier alpha value is -2.97. The minimum Gasteiger partial charge on any atom is -0.507 e. The highest BCUT2D eigenvalue weighted by molar-refractivity contribution is 5.68. The number of imidazole rings is 1. The highest BCUT2D eigenvalue weighted by atomic mass is 16.5. The van der Waals surface area contributed by atoms with Crippen molar-refractivity contribution in [1.82, 2.24) is 25.1 Å². The molecule has 2 aliphatic heterocycles. The summed E-state index contributed by atoms with van der Waals surface area (Å²) in [5.74, 6) is 0.626. The first-order chi connectivity index (χ1) is 14.9. The molecule has 2 N–H and O–H groups in total. The molecule has 2 saturated heterocycles. The summed E-state index contributed by atoms with van der Waals surface area (Å²) in [4.78, 5) is 4.03. The van der Waals surface area contributed by atoms with Crippen LogP contribution in [0.5, 0.6) is 11.6 Å². The predicted octanol–water partition coefficient (Wildman–Crippen LogP) is 3.10. The van der Waals surface area contributed by atoms with Crippen LogP contribution in [-0.4, -0.2) is 55.3 Å². The number of nitrogens with one attached hydrogen (secondary N) is 1. The van der Waals surface area contributed by atoms with Gasteiger partial charge in [-0.25, -0.2) is 4.98 Å². The van der Waals surface area contributed by atoms with E-state index in [1.165, 1.54) is 0 Å². The Labute approximate surface area is 181 Å². The summed E-state index contributed by atoms with van der Waals surface area (Å²) in [6.07, 6.45) is 8.13. The van der Waals surface area contributed by atoms with Gasteiger partial charge in [-0.3, -0.25) is 0 Å². The van der Waals surface area contributed by atoms with Crippen LogP contribution in [0.3, 0.4) is 0 Å². The molecule has 3 aromatic rings. The number of benzene rings is 1. The summed E-state index contributed by atoms with van der Waals surface area (Å²) in [5.41, 5.74) is 1.91. The maximum Gasteiger partial charge on any atom is 0.233 e. The summed E-state index contributed by atoms with van der Waals surface area (Å²) in [7, 11) is 1.78. The molecule has 31 heavy (non-hydrogen) atoms. The molecule has 8 nitrogen and oxygen atoms in total. The molecule has 162 valence electrons. The van der Waals surface area contributed by atoms with Gasteiger partial charge in [0.1, 0.15) is 11.9 Å². The number of aromatic nitrogens is 4. The Kier molecular flexibility index (Phi) is 4.71. The predicted molar refractivity (Wildman–Crippen MR) is 115 cm³/mol. The SMILES string of the molecule is CO[C@@H]1C[C@@]2(C)C[C@H](Oc3ccc(-c4ccc(-n5ccnc5)cc4O)nn3)C[C@]1(C)N2. The molecule has 5 rings (SSSR count). The standard InChI is InChI=1S/C23H27N5O3/c1-22-11-16(12-23(2,27-22)20(13-22)30-3)31-21-7-6-18(25-26-21)17-5-4-15(10-19(17)29)28-9-8-24-14-28/h4-10,14,16,20,27,29H,11-13H2,1-3H3/t16-,20+,22+,23-/m0/s1. The first-order valence-electron chi connectivity index (χ1n) is 10.5. The van der Waals surface area contributed by atoms with Gasteiger partial charge < -0.3 is 24.5 Å². The number of phenolic OH excluding ortho intramolecular Hbond substituents is 1. The summed E-state index contributed by atoms with van der Waals surface area (Å²) in [5, 5.41) is 22.8. The zero-order valence-electron chi connectivity index (χ0n) is 17.9. The number of piperidine rings is 1. The van der Waals surface area contributed by atoms with Crippen molar-refractivity contribution in [3.05, 3.63) is 49.1 Å². The van der Waals surface area contributed by atoms with E-state index in [0.29, 0.717) is 17.1 Å². The molecule has 8 heteroatoms. The van der Waals surface area contributed by atoms with Crippen LogP contribution < -0.4 is 10.1 Å². The van der Waals surface area contributed by atoms with Gasteiger partial charge in [-0.2, -0.15) is 0 Å². The minimum absolute atomic E-state index is 0.00547. The monoisotopic (exact) mass is 421 g/mol. The van der Waals surface area contributed by atoms with E-state index in [1.807, 2.05) is 35.0 Å². The van der Waals surface area contributed by atoms with Gasteiger partial charge in [0.05, 0.1) is 23.8 Å². The number of ether oxygens (including phenoxy) is 2. The molecule has 0 saturated carbocycles. The van der Waals surface area contributed by atoms with Crippen LogP contribution in [-0.2, 0) is 4.74 Å². The molecule has 0 spiro atoms. The van der Waals surface area contributed by atoms with Crippen molar-refractivity contribution in [2.24, 2.45) is 0 Å². The van der Waals surface area contributed by atoms with Crippen molar-refractivity contribution in [3.63, 3.8) is 0 Å². The largest absolute Gasteiger partial charge is 0.507 e. The van der Waals surface area contributed by atoms with Gasteiger partial charge in [-0.1, -0.05) is 0 Å². The molecule has 0 radical (unpaired) electrons. The highest BCUT2D eigenvalue weighted by Gasteiger charge is 2.55. The first-order valence-corrected chi connectivity index (χ1v) is 10.5. The highest BCUT2D eigenvalue weighted by Crippen LogP contribution is 2.44. The van der Waals surface area contributed by atoms with Crippen molar-refractivity contribution in [2.75, 3.05) is 7.11 Å². The van der Waals surface area contributed by atoms with Crippen molar-refractivity contribution >= 4 is 0 Å². The van der Waals surface area contributed by atoms with E-state index in [4.69, 9.17) is 9.47 Å². The second-order valence-electron chi connectivity index (χ2n) is 9.11. The summed E-state index contributed by atoms with van der Waals surface area (Å²) >= 11 is 0. The van der Waals surface area contributed by atoms with Crippen molar-refractivity contribution in [3.8, 4) is 28.6 Å². The number of hydrogen-bond acceptors (Lipinski definition) is 7. The average Bonchev–Trinajstić information content (AvgIpc) is 3.32. The molecule has 0 amide bonds. The zero-order chi connectivity index (χ0) is 21.6. The minimum atomic E-state index is -0.109. The number of phenols is 1. The van der Waals surface area contributed by atoms with Crippen molar-refractivity contribution < 1.29 is 14.6 Å². The number of methoxy groups -OCH3 is 1. The third-order valence-electron chi connectivity index (χ3n) is 6.54. The van der Waals surface area contributed by atoms with E-state index >= 15 is 0 Å². The topological polar surface area (TPSA) is 94.3 Å². The molecule has 2 bridgehead atoms. The van der Waals surface area contributed by atoms with E-state index in [2.05, 4.69) is 34.3 Å². The lowest BCUT2D eigenvalue weighted by atomic mass is 9.86. The van der Waals surface area contributed by atoms with Crippen LogP contribution >= 0.6 is 0 Å². The third-order valence-corrected chi connectivity index (χ3v) is 6.54. The fourth-order valence-corrected chi connectivity index (χ4v) is 5.25. The molecule has 0 aliphatic carbocycles. The van der Waals surface area contributed by atoms with Crippen molar-refractivity contribution in [2.45, 2.75) is 56.4 Å². The summed E-state index contributed by atoms with van der Waals surface area (Å²) in [6, 6.07) is 9.05. The normalized spacial score (nSPS) is 29.8. The number of fused-ring (bicyclic) bond motifs is 2.